The molecule has 0 spiro atoms. The molecule has 28 heavy (non-hydrogen) atoms. The molecule has 5 aliphatic rings. The van der Waals surface area contributed by atoms with Crippen molar-refractivity contribution >= 4 is 27.5 Å². The molecule has 1 saturated heterocycles. The van der Waals surface area contributed by atoms with Gasteiger partial charge in [0, 0.05) is 18.5 Å². The summed E-state index contributed by atoms with van der Waals surface area (Å²) in [5.74, 6) is 3.54. The fraction of sp³-hybridized carbons (Fsp3) is 0.842. The van der Waals surface area contributed by atoms with Crippen LogP contribution in [0.3, 0.4) is 0 Å². The van der Waals surface area contributed by atoms with Gasteiger partial charge in [-0.25, -0.2) is 8.42 Å². The van der Waals surface area contributed by atoms with Gasteiger partial charge in [-0.3, -0.25) is 4.79 Å². The first kappa shape index (κ1) is 18.9. The lowest BCUT2D eigenvalue weighted by molar-refractivity contribution is -0.128. The third-order valence-corrected chi connectivity index (χ3v) is 9.92. The molecule has 0 N–H and O–H groups in total. The van der Waals surface area contributed by atoms with Gasteiger partial charge in [-0.1, -0.05) is 11.8 Å². The lowest BCUT2D eigenvalue weighted by atomic mass is 9.49. The smallest absolute Gasteiger partial charge is 0.277 e. The van der Waals surface area contributed by atoms with E-state index in [2.05, 4.69) is 10.2 Å². The van der Waals surface area contributed by atoms with Crippen LogP contribution >= 0.6 is 11.8 Å². The van der Waals surface area contributed by atoms with Crippen molar-refractivity contribution in [1.29, 1.82) is 0 Å². The molecule has 1 aromatic rings. The Morgan fingerprint density at radius 3 is 2.39 bits per heavy atom. The van der Waals surface area contributed by atoms with Crippen LogP contribution in [0.5, 0.6) is 0 Å². The average molecular weight is 426 g/mol. The summed E-state index contributed by atoms with van der Waals surface area (Å²) in [5.41, 5.74) is 0.0690. The zero-order valence-electron chi connectivity index (χ0n) is 16.2. The van der Waals surface area contributed by atoms with Crippen LogP contribution in [-0.4, -0.2) is 59.8 Å². The monoisotopic (exact) mass is 425 g/mol. The molecule has 5 fully saturated rings. The molecular weight excluding hydrogens is 398 g/mol. The van der Waals surface area contributed by atoms with Crippen molar-refractivity contribution in [3.8, 4) is 0 Å². The molecule has 7 nitrogen and oxygen atoms in total. The summed E-state index contributed by atoms with van der Waals surface area (Å²) in [6, 6.07) is -0.219. The second-order valence-corrected chi connectivity index (χ2v) is 12.6. The van der Waals surface area contributed by atoms with E-state index in [1.165, 1.54) is 50.3 Å². The lowest BCUT2D eigenvalue weighted by Gasteiger charge is -2.55. The molecular formula is C19H27N3O4S2. The maximum atomic E-state index is 12.5. The predicted molar refractivity (Wildman–Crippen MR) is 105 cm³/mol. The van der Waals surface area contributed by atoms with Crippen molar-refractivity contribution in [2.45, 2.75) is 61.6 Å². The number of carbonyl (C=O) groups excluding carboxylic acids is 1. The van der Waals surface area contributed by atoms with E-state index in [9.17, 15) is 13.2 Å². The van der Waals surface area contributed by atoms with E-state index in [-0.39, 0.29) is 34.6 Å². The molecule has 1 aliphatic heterocycles. The number of aromatic nitrogens is 2. The van der Waals surface area contributed by atoms with Crippen molar-refractivity contribution in [1.82, 2.24) is 15.1 Å². The van der Waals surface area contributed by atoms with E-state index in [4.69, 9.17) is 4.42 Å². The van der Waals surface area contributed by atoms with E-state index in [1.807, 2.05) is 0 Å². The Morgan fingerprint density at radius 2 is 1.82 bits per heavy atom. The van der Waals surface area contributed by atoms with Gasteiger partial charge in [0.1, 0.15) is 0 Å². The molecule has 0 unspecified atom stereocenters. The van der Waals surface area contributed by atoms with Gasteiger partial charge in [-0.05, 0) is 62.7 Å². The maximum absolute atomic E-state index is 12.5. The first-order valence-corrected chi connectivity index (χ1v) is 13.1. The molecule has 0 aromatic carbocycles. The third-order valence-electron chi connectivity index (χ3n) is 7.37. The Balaban J connectivity index is 1.21. The third kappa shape index (κ3) is 3.38. The number of hydrogen-bond donors (Lipinski definition) is 0. The average Bonchev–Trinajstić information content (AvgIpc) is 3.24. The van der Waals surface area contributed by atoms with Gasteiger partial charge in [0.2, 0.25) is 11.8 Å². The van der Waals surface area contributed by atoms with Gasteiger partial charge in [0.15, 0.2) is 9.84 Å². The SMILES string of the molecule is CN(C(=O)CSc1nnc(C23CC4CC(CC(C4)C2)C3)o1)[C@@H]1CCS(=O)(=O)C1. The van der Waals surface area contributed by atoms with Gasteiger partial charge in [0.25, 0.3) is 5.22 Å². The normalized spacial score (nSPS) is 38.0. The van der Waals surface area contributed by atoms with Gasteiger partial charge >= 0.3 is 0 Å². The van der Waals surface area contributed by atoms with Crippen molar-refractivity contribution < 1.29 is 17.6 Å². The molecule has 6 rings (SSSR count). The summed E-state index contributed by atoms with van der Waals surface area (Å²) in [7, 11) is -1.32. The van der Waals surface area contributed by atoms with Gasteiger partial charge in [0.05, 0.1) is 17.3 Å². The number of nitrogens with zero attached hydrogens (tertiary/aromatic N) is 3. The first-order chi connectivity index (χ1) is 13.3. The van der Waals surface area contributed by atoms with Crippen LogP contribution in [0.2, 0.25) is 0 Å². The quantitative estimate of drug-likeness (QED) is 0.668. The van der Waals surface area contributed by atoms with Crippen LogP contribution in [0.15, 0.2) is 9.64 Å². The topological polar surface area (TPSA) is 93.4 Å². The lowest BCUT2D eigenvalue weighted by Crippen LogP contribution is -2.48. The summed E-state index contributed by atoms with van der Waals surface area (Å²) in [5, 5.41) is 9.04. The highest BCUT2D eigenvalue weighted by atomic mass is 32.2. The van der Waals surface area contributed by atoms with Crippen molar-refractivity contribution in [2.24, 2.45) is 17.8 Å². The Morgan fingerprint density at radius 1 is 1.18 bits per heavy atom. The zero-order valence-corrected chi connectivity index (χ0v) is 17.8. The zero-order chi connectivity index (χ0) is 19.5. The fourth-order valence-electron chi connectivity index (χ4n) is 6.36. The van der Waals surface area contributed by atoms with Crippen LogP contribution in [0, 0.1) is 17.8 Å². The summed E-state index contributed by atoms with van der Waals surface area (Å²) in [6.45, 7) is 0. The second-order valence-electron chi connectivity index (χ2n) is 9.42. The second kappa shape index (κ2) is 6.72. The van der Waals surface area contributed by atoms with Crippen molar-refractivity contribution in [3.63, 3.8) is 0 Å². The number of sulfone groups is 1. The Hall–Kier alpha value is -1.09. The highest BCUT2D eigenvalue weighted by Gasteiger charge is 2.54. The molecule has 9 heteroatoms. The van der Waals surface area contributed by atoms with Gasteiger partial charge in [-0.15, -0.1) is 10.2 Å². The summed E-state index contributed by atoms with van der Waals surface area (Å²) >= 11 is 1.26. The maximum Gasteiger partial charge on any atom is 0.277 e. The molecule has 4 bridgehead atoms. The molecule has 1 atom stereocenters. The van der Waals surface area contributed by atoms with Gasteiger partial charge in [-0.2, -0.15) is 0 Å². The van der Waals surface area contributed by atoms with Crippen LogP contribution in [-0.2, 0) is 20.0 Å². The first-order valence-electron chi connectivity index (χ1n) is 10.2. The van der Waals surface area contributed by atoms with Gasteiger partial charge < -0.3 is 9.32 Å². The van der Waals surface area contributed by atoms with E-state index >= 15 is 0 Å². The summed E-state index contributed by atoms with van der Waals surface area (Å²) < 4.78 is 29.3. The molecule has 4 aliphatic carbocycles. The largest absolute Gasteiger partial charge is 0.415 e. The molecule has 1 amide bonds. The van der Waals surface area contributed by atoms with E-state index in [1.54, 1.807) is 11.9 Å². The Kier molecular flexibility index (Phi) is 4.54. The van der Waals surface area contributed by atoms with Crippen LogP contribution in [0.1, 0.15) is 50.8 Å². The number of carbonyl (C=O) groups is 1. The number of rotatable bonds is 5. The van der Waals surface area contributed by atoms with Crippen molar-refractivity contribution in [3.05, 3.63) is 5.89 Å². The van der Waals surface area contributed by atoms with Crippen molar-refractivity contribution in [2.75, 3.05) is 24.3 Å². The minimum atomic E-state index is -3.00. The van der Waals surface area contributed by atoms with Crippen LogP contribution < -0.4 is 0 Å². The summed E-state index contributed by atoms with van der Waals surface area (Å²) in [4.78, 5) is 14.0. The Labute approximate surface area is 169 Å². The molecule has 1 aromatic heterocycles. The van der Waals surface area contributed by atoms with Crippen LogP contribution in [0.25, 0.3) is 0 Å². The standard InChI is InChI=1S/C19H27N3O4S2/c1-22(15-2-3-28(24,25)11-15)16(23)10-27-18-21-20-17(26-18)19-7-12-4-13(8-19)6-14(5-12)9-19/h12-15H,2-11H2,1H3/t12?,13?,14?,15-,19?/m1/s1. The van der Waals surface area contributed by atoms with Crippen LogP contribution in [0.4, 0.5) is 0 Å². The summed E-state index contributed by atoms with van der Waals surface area (Å²) in [6.07, 6.45) is 8.13. The van der Waals surface area contributed by atoms with E-state index in [0.717, 1.165) is 23.6 Å². The van der Waals surface area contributed by atoms with E-state index in [0.29, 0.717) is 11.6 Å². The molecule has 0 radical (unpaired) electrons. The highest BCUT2D eigenvalue weighted by Crippen LogP contribution is 2.60. The molecule has 4 saturated carbocycles. The molecule has 2 heterocycles. The highest BCUT2D eigenvalue weighted by molar-refractivity contribution is 7.99. The number of amides is 1. The van der Waals surface area contributed by atoms with E-state index < -0.39 is 9.84 Å². The minimum absolute atomic E-state index is 0.0661. The fourth-order valence-corrected chi connectivity index (χ4v) is 8.83. The number of thioether (sulfide) groups is 1. The Bertz CT molecular complexity index is 846. The molecule has 154 valence electrons. The minimum Gasteiger partial charge on any atom is -0.415 e. The number of hydrogen-bond acceptors (Lipinski definition) is 7. The predicted octanol–water partition coefficient (Wildman–Crippen LogP) is 2.28.